The lowest BCUT2D eigenvalue weighted by Crippen LogP contribution is -2.33. The van der Waals surface area contributed by atoms with E-state index < -0.39 is 8.07 Å². The van der Waals surface area contributed by atoms with Crippen molar-refractivity contribution in [3.63, 3.8) is 0 Å². The standard InChI is InChI=1S/C21H30NSi/c1-6-22(7-2)20(16-11-9-8-10-12-16)19-17-13-14-18(15-17)21(19)23(3,4)5/h8-14,17-18H,6-7,15H2,1-5H3/q+1. The van der Waals surface area contributed by atoms with Gasteiger partial charge in [-0.15, -0.1) is 0 Å². The van der Waals surface area contributed by atoms with Gasteiger partial charge in [0.2, 0.25) is 5.71 Å². The van der Waals surface area contributed by atoms with Crippen LogP contribution in [0.25, 0.3) is 0 Å². The van der Waals surface area contributed by atoms with Crippen molar-refractivity contribution in [1.82, 2.24) is 0 Å². The number of hydrogen-bond acceptors (Lipinski definition) is 0. The highest BCUT2D eigenvalue weighted by Crippen LogP contribution is 2.48. The molecule has 0 heterocycles. The Morgan fingerprint density at radius 3 is 2.17 bits per heavy atom. The van der Waals surface area contributed by atoms with Gasteiger partial charge < -0.3 is 0 Å². The smallest absolute Gasteiger partial charge is 0.210 e. The summed E-state index contributed by atoms with van der Waals surface area (Å²) in [6.45, 7) is 14.3. The Morgan fingerprint density at radius 1 is 1.00 bits per heavy atom. The minimum Gasteiger partial charge on any atom is -0.230 e. The summed E-state index contributed by atoms with van der Waals surface area (Å²) in [5.74, 6) is 1.34. The van der Waals surface area contributed by atoms with Crippen LogP contribution in [0, 0.1) is 11.8 Å². The highest BCUT2D eigenvalue weighted by atomic mass is 28.3. The SMILES string of the molecule is CC[N+](CC)=C(C1=C([Si](C)(C)C)C2C=CC1C2)c1ccccc1. The topological polar surface area (TPSA) is 3.01 Å². The zero-order valence-electron chi connectivity index (χ0n) is 15.3. The van der Waals surface area contributed by atoms with Gasteiger partial charge in [-0.1, -0.05) is 55.2 Å². The van der Waals surface area contributed by atoms with Gasteiger partial charge in [-0.3, -0.25) is 0 Å². The lowest BCUT2D eigenvalue weighted by molar-refractivity contribution is -0.519. The van der Waals surface area contributed by atoms with Crippen molar-refractivity contribution in [3.05, 3.63) is 58.8 Å². The molecule has 0 amide bonds. The molecule has 23 heavy (non-hydrogen) atoms. The van der Waals surface area contributed by atoms with E-state index in [-0.39, 0.29) is 0 Å². The first-order chi connectivity index (χ1) is 11.0. The molecule has 0 N–H and O–H groups in total. The fourth-order valence-electron chi connectivity index (χ4n) is 4.43. The third-order valence-corrected chi connectivity index (χ3v) is 7.56. The predicted octanol–water partition coefficient (Wildman–Crippen LogP) is 4.91. The molecule has 0 saturated heterocycles. The van der Waals surface area contributed by atoms with Gasteiger partial charge in [-0.25, -0.2) is 4.58 Å². The van der Waals surface area contributed by atoms with Crippen LogP contribution in [-0.4, -0.2) is 31.5 Å². The zero-order chi connectivity index (χ0) is 16.6. The van der Waals surface area contributed by atoms with Crippen LogP contribution in [0.1, 0.15) is 25.8 Å². The second-order valence-corrected chi connectivity index (χ2v) is 12.8. The van der Waals surface area contributed by atoms with Crippen molar-refractivity contribution in [2.24, 2.45) is 11.8 Å². The molecule has 2 atom stereocenters. The van der Waals surface area contributed by atoms with Crippen LogP contribution in [-0.2, 0) is 0 Å². The zero-order valence-corrected chi connectivity index (χ0v) is 16.3. The van der Waals surface area contributed by atoms with Gasteiger partial charge in [-0.2, -0.15) is 0 Å². The Morgan fingerprint density at radius 2 is 1.61 bits per heavy atom. The monoisotopic (exact) mass is 324 g/mol. The first-order valence-electron chi connectivity index (χ1n) is 9.07. The Kier molecular flexibility index (Phi) is 4.46. The molecule has 1 aromatic carbocycles. The van der Waals surface area contributed by atoms with Crippen LogP contribution < -0.4 is 0 Å². The molecule has 0 aliphatic heterocycles. The van der Waals surface area contributed by atoms with Gasteiger partial charge in [0, 0.05) is 17.1 Å². The molecule has 2 bridgehead atoms. The average Bonchev–Trinajstić information content (AvgIpc) is 3.13. The molecule has 2 aliphatic rings. The van der Waals surface area contributed by atoms with Crippen molar-refractivity contribution in [3.8, 4) is 0 Å². The van der Waals surface area contributed by atoms with Gasteiger partial charge in [0.05, 0.1) is 8.07 Å². The second-order valence-electron chi connectivity index (χ2n) is 7.80. The maximum Gasteiger partial charge on any atom is 0.210 e. The minimum atomic E-state index is -1.33. The summed E-state index contributed by atoms with van der Waals surface area (Å²) in [4.78, 5) is 0. The minimum absolute atomic E-state index is 0.637. The number of hydrogen-bond donors (Lipinski definition) is 0. The fraction of sp³-hybridized carbons (Fsp3) is 0.476. The first-order valence-corrected chi connectivity index (χ1v) is 12.6. The Balaban J connectivity index is 2.25. The summed E-state index contributed by atoms with van der Waals surface area (Å²) >= 11 is 0. The molecule has 1 aromatic rings. The number of allylic oxidation sites excluding steroid dienone is 4. The number of nitrogens with zero attached hydrogens (tertiary/aromatic N) is 1. The van der Waals surface area contributed by atoms with Crippen LogP contribution in [0.2, 0.25) is 19.6 Å². The summed E-state index contributed by atoms with van der Waals surface area (Å²) in [5.41, 5.74) is 4.57. The van der Waals surface area contributed by atoms with E-state index in [9.17, 15) is 0 Å². The molecular weight excluding hydrogens is 294 g/mol. The molecule has 0 saturated carbocycles. The first kappa shape index (κ1) is 16.4. The quantitative estimate of drug-likeness (QED) is 0.313. The Hall–Kier alpha value is -1.41. The summed E-state index contributed by atoms with van der Waals surface area (Å²) < 4.78 is 2.57. The predicted molar refractivity (Wildman–Crippen MR) is 103 cm³/mol. The third-order valence-electron chi connectivity index (χ3n) is 5.31. The van der Waals surface area contributed by atoms with Crippen molar-refractivity contribution >= 4 is 13.8 Å². The molecule has 0 aromatic heterocycles. The Labute approximate surface area is 142 Å². The van der Waals surface area contributed by atoms with Crippen molar-refractivity contribution in [2.45, 2.75) is 39.9 Å². The van der Waals surface area contributed by atoms with E-state index in [1.165, 1.54) is 17.7 Å². The molecule has 0 radical (unpaired) electrons. The number of fused-ring (bicyclic) bond motifs is 2. The summed E-state index contributed by atoms with van der Waals surface area (Å²) in [5, 5.41) is 1.80. The van der Waals surface area contributed by atoms with E-state index in [1.807, 2.05) is 0 Å². The van der Waals surface area contributed by atoms with E-state index in [4.69, 9.17) is 0 Å². The van der Waals surface area contributed by atoms with Crippen molar-refractivity contribution in [2.75, 3.05) is 13.1 Å². The maximum atomic E-state index is 2.57. The molecule has 2 unspecified atom stereocenters. The largest absolute Gasteiger partial charge is 0.230 e. The molecular formula is C21H30NSi+. The molecule has 1 nitrogen and oxygen atoms in total. The van der Waals surface area contributed by atoms with E-state index in [2.05, 4.69) is 80.5 Å². The molecule has 2 heteroatoms. The highest BCUT2D eigenvalue weighted by Gasteiger charge is 2.44. The van der Waals surface area contributed by atoms with E-state index in [0.29, 0.717) is 11.8 Å². The normalized spacial score (nSPS) is 22.8. The maximum absolute atomic E-state index is 2.57. The van der Waals surface area contributed by atoms with Crippen LogP contribution in [0.15, 0.2) is 53.3 Å². The summed E-state index contributed by atoms with van der Waals surface area (Å²) in [7, 11) is -1.33. The third kappa shape index (κ3) is 2.89. The van der Waals surface area contributed by atoms with Crippen molar-refractivity contribution in [1.29, 1.82) is 0 Å². The van der Waals surface area contributed by atoms with Crippen LogP contribution in [0.5, 0.6) is 0 Å². The lowest BCUT2D eigenvalue weighted by atomic mass is 9.93. The molecule has 122 valence electrons. The molecule has 0 spiro atoms. The van der Waals surface area contributed by atoms with Crippen LogP contribution in [0.3, 0.4) is 0 Å². The molecule has 0 fully saturated rings. The average molecular weight is 325 g/mol. The summed E-state index contributed by atoms with van der Waals surface area (Å²) in [6, 6.07) is 11.1. The second kappa shape index (κ2) is 6.24. The number of benzene rings is 1. The lowest BCUT2D eigenvalue weighted by Gasteiger charge is -2.27. The van der Waals surface area contributed by atoms with E-state index >= 15 is 0 Å². The van der Waals surface area contributed by atoms with Crippen molar-refractivity contribution < 1.29 is 4.58 Å². The van der Waals surface area contributed by atoms with Gasteiger partial charge in [0.15, 0.2) is 0 Å². The number of rotatable bonds is 5. The van der Waals surface area contributed by atoms with Gasteiger partial charge in [-0.05, 0) is 38.3 Å². The highest BCUT2D eigenvalue weighted by molar-refractivity contribution is 6.83. The fourth-order valence-corrected chi connectivity index (χ4v) is 6.87. The van der Waals surface area contributed by atoms with Gasteiger partial charge >= 0.3 is 0 Å². The van der Waals surface area contributed by atoms with Gasteiger partial charge in [0.25, 0.3) is 0 Å². The molecule has 2 aliphatic carbocycles. The van der Waals surface area contributed by atoms with Crippen LogP contribution >= 0.6 is 0 Å². The van der Waals surface area contributed by atoms with E-state index in [0.717, 1.165) is 13.1 Å². The van der Waals surface area contributed by atoms with E-state index in [1.54, 1.807) is 10.8 Å². The summed E-state index contributed by atoms with van der Waals surface area (Å²) in [6.07, 6.45) is 6.26. The van der Waals surface area contributed by atoms with Gasteiger partial charge in [0.1, 0.15) is 13.1 Å². The Bertz CT molecular complexity index is 668. The molecule has 3 rings (SSSR count). The van der Waals surface area contributed by atoms with Crippen LogP contribution in [0.4, 0.5) is 0 Å².